The fourth-order valence-corrected chi connectivity index (χ4v) is 2.91. The van der Waals surface area contributed by atoms with Crippen LogP contribution < -0.4 is 4.74 Å². The van der Waals surface area contributed by atoms with E-state index in [4.69, 9.17) is 20.9 Å². The van der Waals surface area contributed by atoms with E-state index in [1.165, 1.54) is 6.07 Å². The van der Waals surface area contributed by atoms with Crippen molar-refractivity contribution in [3.05, 3.63) is 82.0 Å². The van der Waals surface area contributed by atoms with Crippen LogP contribution >= 0.6 is 11.6 Å². The van der Waals surface area contributed by atoms with E-state index in [0.717, 1.165) is 23.6 Å². The van der Waals surface area contributed by atoms with Gasteiger partial charge < -0.3 is 9.26 Å². The highest BCUT2D eigenvalue weighted by Crippen LogP contribution is 2.22. The summed E-state index contributed by atoms with van der Waals surface area (Å²) < 4.78 is 24.6. The number of aryl methyl sites for hydroxylation is 1. The maximum Gasteiger partial charge on any atom is 0.133 e. The number of halogens is 2. The van der Waals surface area contributed by atoms with E-state index in [9.17, 15) is 4.39 Å². The third kappa shape index (κ3) is 4.84. The van der Waals surface area contributed by atoms with Gasteiger partial charge in [-0.3, -0.25) is 4.90 Å². The molecule has 0 N–H and O–H groups in total. The third-order valence-corrected chi connectivity index (χ3v) is 4.26. The molecule has 0 amide bonds. The molecule has 136 valence electrons. The Morgan fingerprint density at radius 3 is 2.69 bits per heavy atom. The SMILES string of the molecule is Cc1cc(CN(C)Cc2cccc(OCc3c(F)cccc3Cl)c2)no1. The second-order valence-electron chi connectivity index (χ2n) is 6.24. The predicted octanol–water partition coefficient (Wildman–Crippen LogP) is 4.99. The number of benzene rings is 2. The molecule has 1 heterocycles. The van der Waals surface area contributed by atoms with Gasteiger partial charge in [0, 0.05) is 24.7 Å². The summed E-state index contributed by atoms with van der Waals surface area (Å²) in [5.41, 5.74) is 2.34. The minimum atomic E-state index is -0.365. The van der Waals surface area contributed by atoms with Crippen molar-refractivity contribution in [2.45, 2.75) is 26.6 Å². The lowest BCUT2D eigenvalue weighted by atomic mass is 10.2. The molecule has 0 aliphatic rings. The highest BCUT2D eigenvalue weighted by molar-refractivity contribution is 6.31. The first-order valence-corrected chi connectivity index (χ1v) is 8.64. The van der Waals surface area contributed by atoms with Crippen LogP contribution in [0.2, 0.25) is 5.02 Å². The van der Waals surface area contributed by atoms with Crippen LogP contribution in [-0.2, 0) is 19.7 Å². The first-order valence-electron chi connectivity index (χ1n) is 8.26. The monoisotopic (exact) mass is 374 g/mol. The van der Waals surface area contributed by atoms with Gasteiger partial charge in [0.05, 0.1) is 10.7 Å². The molecule has 0 aliphatic carbocycles. The van der Waals surface area contributed by atoms with Crippen molar-refractivity contribution in [3.63, 3.8) is 0 Å². The Kier molecular flexibility index (Phi) is 5.91. The number of hydrogen-bond acceptors (Lipinski definition) is 4. The molecular formula is C20H20ClFN2O2. The minimum Gasteiger partial charge on any atom is -0.489 e. The summed E-state index contributed by atoms with van der Waals surface area (Å²) in [6, 6.07) is 14.3. The Balaban J connectivity index is 1.61. The summed E-state index contributed by atoms with van der Waals surface area (Å²) in [4.78, 5) is 2.13. The van der Waals surface area contributed by atoms with E-state index in [0.29, 0.717) is 22.9 Å². The van der Waals surface area contributed by atoms with Crippen molar-refractivity contribution < 1.29 is 13.7 Å². The summed E-state index contributed by atoms with van der Waals surface area (Å²) in [5.74, 6) is 1.11. The summed E-state index contributed by atoms with van der Waals surface area (Å²) in [6.07, 6.45) is 0. The fraction of sp³-hybridized carbons (Fsp3) is 0.250. The van der Waals surface area contributed by atoms with Gasteiger partial charge in [0.25, 0.3) is 0 Å². The second-order valence-corrected chi connectivity index (χ2v) is 6.64. The molecule has 0 spiro atoms. The average molecular weight is 375 g/mol. The molecule has 0 atom stereocenters. The smallest absolute Gasteiger partial charge is 0.133 e. The summed E-state index contributed by atoms with van der Waals surface area (Å²) in [7, 11) is 2.01. The van der Waals surface area contributed by atoms with Crippen LogP contribution in [-0.4, -0.2) is 17.1 Å². The zero-order valence-electron chi connectivity index (χ0n) is 14.7. The van der Waals surface area contributed by atoms with Gasteiger partial charge in [0.1, 0.15) is 23.9 Å². The molecule has 26 heavy (non-hydrogen) atoms. The number of aromatic nitrogens is 1. The highest BCUT2D eigenvalue weighted by Gasteiger charge is 2.09. The van der Waals surface area contributed by atoms with Gasteiger partial charge >= 0.3 is 0 Å². The average Bonchev–Trinajstić information content (AvgIpc) is 2.99. The maximum atomic E-state index is 13.8. The summed E-state index contributed by atoms with van der Waals surface area (Å²) >= 11 is 6.03. The molecular weight excluding hydrogens is 355 g/mol. The van der Waals surface area contributed by atoms with Crippen molar-refractivity contribution in [3.8, 4) is 5.75 Å². The molecule has 3 aromatic rings. The Morgan fingerprint density at radius 2 is 1.96 bits per heavy atom. The zero-order valence-corrected chi connectivity index (χ0v) is 15.5. The summed E-state index contributed by atoms with van der Waals surface area (Å²) in [5, 5.41) is 4.37. The molecule has 2 aromatic carbocycles. The Labute approximate surface area is 157 Å². The number of ether oxygens (including phenoxy) is 1. The predicted molar refractivity (Wildman–Crippen MR) is 98.6 cm³/mol. The van der Waals surface area contributed by atoms with Gasteiger partial charge in [-0.2, -0.15) is 0 Å². The molecule has 0 radical (unpaired) electrons. The van der Waals surface area contributed by atoms with Gasteiger partial charge in [-0.05, 0) is 43.8 Å². The van der Waals surface area contributed by atoms with Crippen molar-refractivity contribution in [1.82, 2.24) is 10.1 Å². The van der Waals surface area contributed by atoms with Crippen LogP contribution in [0.5, 0.6) is 5.75 Å². The lowest BCUT2D eigenvalue weighted by Crippen LogP contribution is -2.17. The van der Waals surface area contributed by atoms with Crippen LogP contribution in [0.25, 0.3) is 0 Å². The van der Waals surface area contributed by atoms with Gasteiger partial charge in [0.2, 0.25) is 0 Å². The van der Waals surface area contributed by atoms with E-state index in [1.807, 2.05) is 44.3 Å². The molecule has 0 saturated carbocycles. The molecule has 6 heteroatoms. The standard InChI is InChI=1S/C20H20ClFN2O2/c1-14-9-16(23-26-14)12-24(2)11-15-5-3-6-17(10-15)25-13-18-19(21)7-4-8-20(18)22/h3-10H,11-13H2,1-2H3. The van der Waals surface area contributed by atoms with Crippen LogP contribution in [0.3, 0.4) is 0 Å². The van der Waals surface area contributed by atoms with Crippen molar-refractivity contribution >= 4 is 11.6 Å². The molecule has 0 unspecified atom stereocenters. The van der Waals surface area contributed by atoms with Crippen molar-refractivity contribution in [2.75, 3.05) is 7.05 Å². The molecule has 0 aliphatic heterocycles. The molecule has 1 aromatic heterocycles. The van der Waals surface area contributed by atoms with Crippen LogP contribution in [0.4, 0.5) is 4.39 Å². The molecule has 3 rings (SSSR count). The maximum absolute atomic E-state index is 13.8. The van der Waals surface area contributed by atoms with Crippen LogP contribution in [0.1, 0.15) is 22.6 Å². The highest BCUT2D eigenvalue weighted by atomic mass is 35.5. The number of hydrogen-bond donors (Lipinski definition) is 0. The van der Waals surface area contributed by atoms with Crippen LogP contribution in [0.15, 0.2) is 53.1 Å². The topological polar surface area (TPSA) is 38.5 Å². The van der Waals surface area contributed by atoms with E-state index in [2.05, 4.69) is 10.1 Å². The van der Waals surface area contributed by atoms with E-state index in [-0.39, 0.29) is 12.4 Å². The van der Waals surface area contributed by atoms with Gasteiger partial charge in [-0.15, -0.1) is 0 Å². The number of nitrogens with zero attached hydrogens (tertiary/aromatic N) is 2. The second kappa shape index (κ2) is 8.34. The first-order chi connectivity index (χ1) is 12.5. The lowest BCUT2D eigenvalue weighted by molar-refractivity contribution is 0.292. The van der Waals surface area contributed by atoms with Gasteiger partial charge in [-0.25, -0.2) is 4.39 Å². The number of rotatable bonds is 7. The Bertz CT molecular complexity index is 862. The largest absolute Gasteiger partial charge is 0.489 e. The molecule has 0 saturated heterocycles. The molecule has 0 fully saturated rings. The van der Waals surface area contributed by atoms with E-state index >= 15 is 0 Å². The molecule has 4 nitrogen and oxygen atoms in total. The normalized spacial score (nSPS) is 11.1. The summed E-state index contributed by atoms with van der Waals surface area (Å²) in [6.45, 7) is 3.37. The third-order valence-electron chi connectivity index (χ3n) is 3.90. The van der Waals surface area contributed by atoms with Crippen molar-refractivity contribution in [2.24, 2.45) is 0 Å². The van der Waals surface area contributed by atoms with E-state index < -0.39 is 0 Å². The lowest BCUT2D eigenvalue weighted by Gasteiger charge is -2.16. The van der Waals surface area contributed by atoms with Crippen molar-refractivity contribution in [1.29, 1.82) is 0 Å². The fourth-order valence-electron chi connectivity index (χ4n) is 2.70. The van der Waals surface area contributed by atoms with Crippen LogP contribution in [0, 0.1) is 12.7 Å². The quantitative estimate of drug-likeness (QED) is 0.584. The van der Waals surface area contributed by atoms with Gasteiger partial charge in [0.15, 0.2) is 0 Å². The van der Waals surface area contributed by atoms with Gasteiger partial charge in [-0.1, -0.05) is 35.0 Å². The first kappa shape index (κ1) is 18.4. The molecule has 0 bridgehead atoms. The zero-order chi connectivity index (χ0) is 18.5. The minimum absolute atomic E-state index is 0.0863. The Morgan fingerprint density at radius 1 is 1.15 bits per heavy atom. The van der Waals surface area contributed by atoms with E-state index in [1.54, 1.807) is 12.1 Å². The Hall–Kier alpha value is -2.37.